The first kappa shape index (κ1) is 21.0. The molecule has 1 aliphatic carbocycles. The summed E-state index contributed by atoms with van der Waals surface area (Å²) in [6.45, 7) is 4.73. The number of hydrogen-bond acceptors (Lipinski definition) is 3. The van der Waals surface area contributed by atoms with Crippen LogP contribution in [0, 0.1) is 0 Å². The van der Waals surface area contributed by atoms with E-state index in [1.54, 1.807) is 0 Å². The Balaban J connectivity index is 0.00000200. The topological polar surface area (TPSA) is 44.4 Å². The van der Waals surface area contributed by atoms with Gasteiger partial charge in [-0.3, -0.25) is 4.79 Å². The van der Waals surface area contributed by atoms with Gasteiger partial charge >= 0.3 is 0 Å². The minimum absolute atomic E-state index is 0. The SMILES string of the molecule is CN(CCNC(=O)C1(C)CCCCN1)C1CCCC1.Cl.Cl. The molecule has 1 atom stereocenters. The predicted molar refractivity (Wildman–Crippen MR) is 92.7 cm³/mol. The average molecular weight is 340 g/mol. The van der Waals surface area contributed by atoms with Gasteiger partial charge in [-0.15, -0.1) is 24.8 Å². The van der Waals surface area contributed by atoms with E-state index in [0.717, 1.165) is 38.5 Å². The minimum Gasteiger partial charge on any atom is -0.353 e. The van der Waals surface area contributed by atoms with Crippen LogP contribution >= 0.6 is 24.8 Å². The van der Waals surface area contributed by atoms with Gasteiger partial charge in [0.1, 0.15) is 0 Å². The summed E-state index contributed by atoms with van der Waals surface area (Å²) >= 11 is 0. The lowest BCUT2D eigenvalue weighted by molar-refractivity contribution is -0.128. The molecular formula is C15H31Cl2N3O. The van der Waals surface area contributed by atoms with Crippen molar-refractivity contribution in [1.29, 1.82) is 0 Å². The highest BCUT2D eigenvalue weighted by Gasteiger charge is 2.33. The van der Waals surface area contributed by atoms with Crippen molar-refractivity contribution < 1.29 is 4.79 Å². The predicted octanol–water partition coefficient (Wildman–Crippen LogP) is 2.35. The van der Waals surface area contributed by atoms with Crippen LogP contribution < -0.4 is 10.6 Å². The number of hydrogen-bond donors (Lipinski definition) is 2. The van der Waals surface area contributed by atoms with E-state index in [-0.39, 0.29) is 36.3 Å². The monoisotopic (exact) mass is 339 g/mol. The van der Waals surface area contributed by atoms with Gasteiger partial charge in [-0.1, -0.05) is 12.8 Å². The molecule has 1 amide bonds. The third kappa shape index (κ3) is 5.93. The zero-order chi connectivity index (χ0) is 13.7. The molecule has 1 heterocycles. The molecule has 2 N–H and O–H groups in total. The van der Waals surface area contributed by atoms with E-state index in [1.807, 2.05) is 6.92 Å². The van der Waals surface area contributed by atoms with E-state index >= 15 is 0 Å². The minimum atomic E-state index is -0.343. The highest BCUT2D eigenvalue weighted by atomic mass is 35.5. The number of nitrogens with one attached hydrogen (secondary N) is 2. The molecule has 126 valence electrons. The average Bonchev–Trinajstić information content (AvgIpc) is 2.93. The molecule has 1 unspecified atom stereocenters. The van der Waals surface area contributed by atoms with Gasteiger partial charge in [0.15, 0.2) is 0 Å². The number of rotatable bonds is 5. The smallest absolute Gasteiger partial charge is 0.240 e. The van der Waals surface area contributed by atoms with Crippen molar-refractivity contribution in [3.8, 4) is 0 Å². The van der Waals surface area contributed by atoms with Crippen molar-refractivity contribution in [1.82, 2.24) is 15.5 Å². The van der Waals surface area contributed by atoms with Gasteiger partial charge < -0.3 is 15.5 Å². The maximum Gasteiger partial charge on any atom is 0.240 e. The van der Waals surface area contributed by atoms with Gasteiger partial charge in [-0.2, -0.15) is 0 Å². The van der Waals surface area contributed by atoms with Crippen molar-refractivity contribution in [2.75, 3.05) is 26.7 Å². The van der Waals surface area contributed by atoms with Crippen molar-refractivity contribution in [2.45, 2.75) is 63.5 Å². The third-order valence-corrected chi connectivity index (χ3v) is 4.82. The molecule has 0 aromatic carbocycles. The summed E-state index contributed by atoms with van der Waals surface area (Å²) < 4.78 is 0. The Labute approximate surface area is 141 Å². The van der Waals surface area contributed by atoms with Crippen LogP contribution in [0.3, 0.4) is 0 Å². The van der Waals surface area contributed by atoms with Gasteiger partial charge in [0.25, 0.3) is 0 Å². The lowest BCUT2D eigenvalue weighted by Crippen LogP contribution is -2.57. The maximum absolute atomic E-state index is 12.2. The molecule has 0 radical (unpaired) electrons. The van der Waals surface area contributed by atoms with Crippen LogP contribution in [0.2, 0.25) is 0 Å². The third-order valence-electron chi connectivity index (χ3n) is 4.82. The number of likely N-dealkylation sites (N-methyl/N-ethyl adjacent to an activating group) is 1. The van der Waals surface area contributed by atoms with E-state index in [9.17, 15) is 4.79 Å². The van der Waals surface area contributed by atoms with E-state index in [1.165, 1.54) is 32.1 Å². The van der Waals surface area contributed by atoms with Crippen molar-refractivity contribution in [3.63, 3.8) is 0 Å². The fourth-order valence-electron chi connectivity index (χ4n) is 3.32. The van der Waals surface area contributed by atoms with Gasteiger partial charge in [0.2, 0.25) is 5.91 Å². The van der Waals surface area contributed by atoms with Gasteiger partial charge in [-0.25, -0.2) is 0 Å². The van der Waals surface area contributed by atoms with Gasteiger partial charge in [0, 0.05) is 19.1 Å². The number of nitrogens with zero attached hydrogens (tertiary/aromatic N) is 1. The van der Waals surface area contributed by atoms with Crippen LogP contribution in [-0.4, -0.2) is 49.1 Å². The molecule has 2 rings (SSSR count). The number of piperidine rings is 1. The Hall–Kier alpha value is -0.0300. The molecule has 0 aromatic rings. The highest BCUT2D eigenvalue weighted by Crippen LogP contribution is 2.22. The Morgan fingerprint density at radius 1 is 1.24 bits per heavy atom. The summed E-state index contributed by atoms with van der Waals surface area (Å²) in [7, 11) is 2.18. The molecule has 2 aliphatic rings. The molecule has 1 saturated heterocycles. The quantitative estimate of drug-likeness (QED) is 0.808. The Kier molecular flexibility index (Phi) is 9.87. The second-order valence-electron chi connectivity index (χ2n) is 6.39. The van der Waals surface area contributed by atoms with Crippen LogP contribution in [0.4, 0.5) is 0 Å². The molecule has 0 bridgehead atoms. The Morgan fingerprint density at radius 3 is 2.48 bits per heavy atom. The molecule has 2 fully saturated rings. The summed E-state index contributed by atoms with van der Waals surface area (Å²) in [4.78, 5) is 14.6. The molecule has 0 spiro atoms. The van der Waals surface area contributed by atoms with Crippen LogP contribution in [0.25, 0.3) is 0 Å². The summed E-state index contributed by atoms with van der Waals surface area (Å²) in [5.41, 5.74) is -0.343. The van der Waals surface area contributed by atoms with E-state index in [2.05, 4.69) is 22.6 Å². The zero-order valence-corrected chi connectivity index (χ0v) is 15.0. The molecule has 21 heavy (non-hydrogen) atoms. The fraction of sp³-hybridized carbons (Fsp3) is 0.933. The first-order chi connectivity index (χ1) is 9.12. The van der Waals surface area contributed by atoms with Crippen molar-refractivity contribution in [2.24, 2.45) is 0 Å². The van der Waals surface area contributed by atoms with E-state index < -0.39 is 0 Å². The molecule has 0 aromatic heterocycles. The van der Waals surface area contributed by atoms with Crippen molar-refractivity contribution >= 4 is 30.7 Å². The first-order valence-corrected chi connectivity index (χ1v) is 7.85. The maximum atomic E-state index is 12.2. The number of carbonyl (C=O) groups excluding carboxylic acids is 1. The number of amides is 1. The fourth-order valence-corrected chi connectivity index (χ4v) is 3.32. The molecule has 6 heteroatoms. The standard InChI is InChI=1S/C15H29N3O.2ClH/c1-15(9-5-6-10-17-15)14(19)16-11-12-18(2)13-7-3-4-8-13;;/h13,17H,3-12H2,1-2H3,(H,16,19);2*1H. The van der Waals surface area contributed by atoms with Crippen LogP contribution in [0.1, 0.15) is 51.9 Å². The zero-order valence-electron chi connectivity index (χ0n) is 13.3. The van der Waals surface area contributed by atoms with Gasteiger partial charge in [0.05, 0.1) is 5.54 Å². The summed E-state index contributed by atoms with van der Waals surface area (Å²) in [6.07, 6.45) is 8.67. The normalized spacial score (nSPS) is 26.0. The molecule has 1 aliphatic heterocycles. The second kappa shape index (κ2) is 9.88. The highest BCUT2D eigenvalue weighted by molar-refractivity contribution is 5.86. The van der Waals surface area contributed by atoms with E-state index in [4.69, 9.17) is 0 Å². The number of halogens is 2. The number of carbonyl (C=O) groups is 1. The summed E-state index contributed by atoms with van der Waals surface area (Å²) in [6, 6.07) is 0.736. The van der Waals surface area contributed by atoms with Gasteiger partial charge in [-0.05, 0) is 52.6 Å². The lowest BCUT2D eigenvalue weighted by atomic mass is 9.90. The summed E-state index contributed by atoms with van der Waals surface area (Å²) in [5.74, 6) is 0.173. The molecule has 1 saturated carbocycles. The second-order valence-corrected chi connectivity index (χ2v) is 6.39. The van der Waals surface area contributed by atoms with E-state index in [0.29, 0.717) is 0 Å². The molecule has 4 nitrogen and oxygen atoms in total. The Bertz CT molecular complexity index is 303. The van der Waals surface area contributed by atoms with Crippen LogP contribution in [0.15, 0.2) is 0 Å². The molecular weight excluding hydrogens is 309 g/mol. The van der Waals surface area contributed by atoms with Crippen LogP contribution in [-0.2, 0) is 4.79 Å². The largest absolute Gasteiger partial charge is 0.353 e. The Morgan fingerprint density at radius 2 is 1.90 bits per heavy atom. The summed E-state index contributed by atoms with van der Waals surface area (Å²) in [5, 5.41) is 6.47. The first-order valence-electron chi connectivity index (χ1n) is 7.85. The van der Waals surface area contributed by atoms with Crippen molar-refractivity contribution in [3.05, 3.63) is 0 Å². The van der Waals surface area contributed by atoms with Crippen LogP contribution in [0.5, 0.6) is 0 Å². The lowest BCUT2D eigenvalue weighted by Gasteiger charge is -2.34.